The minimum atomic E-state index is -0.410. The lowest BCUT2D eigenvalue weighted by molar-refractivity contribution is 0.495. The Bertz CT molecular complexity index is 545. The van der Waals surface area contributed by atoms with Crippen molar-refractivity contribution in [2.45, 2.75) is 25.3 Å². The van der Waals surface area contributed by atoms with Crippen LogP contribution in [0.25, 0.3) is 0 Å². The third-order valence-corrected chi connectivity index (χ3v) is 3.76. The second-order valence-corrected chi connectivity index (χ2v) is 5.12. The topological polar surface area (TPSA) is 38.0 Å². The molecule has 2 aromatic carbocycles. The van der Waals surface area contributed by atoms with Crippen molar-refractivity contribution in [3.05, 3.63) is 70.5 Å². The van der Waals surface area contributed by atoms with Gasteiger partial charge in [0.15, 0.2) is 0 Å². The highest BCUT2D eigenvalue weighted by molar-refractivity contribution is 6.31. The van der Waals surface area contributed by atoms with Crippen LogP contribution in [0.2, 0.25) is 5.02 Å². The molecule has 0 aliphatic carbocycles. The first-order valence-electron chi connectivity index (χ1n) is 6.66. The van der Waals surface area contributed by atoms with Gasteiger partial charge < -0.3 is 0 Å². The van der Waals surface area contributed by atoms with Gasteiger partial charge in [-0.1, -0.05) is 54.1 Å². The monoisotopic (exact) mass is 292 g/mol. The van der Waals surface area contributed by atoms with Crippen molar-refractivity contribution in [2.75, 3.05) is 0 Å². The second kappa shape index (κ2) is 7.39. The van der Waals surface area contributed by atoms with Crippen molar-refractivity contribution in [1.29, 1.82) is 0 Å². The number of rotatable bonds is 6. The van der Waals surface area contributed by atoms with E-state index in [9.17, 15) is 4.39 Å². The Hall–Kier alpha value is -1.42. The second-order valence-electron chi connectivity index (χ2n) is 4.74. The average molecular weight is 293 g/mol. The van der Waals surface area contributed by atoms with E-state index in [2.05, 4.69) is 17.6 Å². The maximum Gasteiger partial charge on any atom is 0.142 e. The van der Waals surface area contributed by atoms with E-state index in [1.54, 1.807) is 12.1 Å². The van der Waals surface area contributed by atoms with E-state index in [1.165, 1.54) is 11.6 Å². The Labute approximate surface area is 123 Å². The largest absolute Gasteiger partial charge is 0.271 e. The summed E-state index contributed by atoms with van der Waals surface area (Å²) < 4.78 is 13.5. The summed E-state index contributed by atoms with van der Waals surface area (Å²) in [5, 5.41) is 0.148. The van der Waals surface area contributed by atoms with Gasteiger partial charge in [-0.2, -0.15) is 0 Å². The molecule has 0 heterocycles. The molecule has 2 nitrogen and oxygen atoms in total. The van der Waals surface area contributed by atoms with Crippen LogP contribution in [-0.4, -0.2) is 0 Å². The molecule has 20 heavy (non-hydrogen) atoms. The van der Waals surface area contributed by atoms with Crippen molar-refractivity contribution in [3.8, 4) is 0 Å². The number of halogens is 2. The van der Waals surface area contributed by atoms with E-state index in [1.807, 2.05) is 18.2 Å². The minimum absolute atomic E-state index is 0.137. The number of hydrogen-bond donors (Lipinski definition) is 2. The smallest absolute Gasteiger partial charge is 0.142 e. The SMILES string of the molecule is NNC(CCCc1ccccc1)c1cccc(F)c1Cl. The standard InChI is InChI=1S/C16H18ClFN2/c17-16-13(9-5-10-14(16)18)15(20-19)11-4-8-12-6-2-1-3-7-12/h1-3,5-7,9-10,15,20H,4,8,11,19H2. The molecule has 0 radical (unpaired) electrons. The van der Waals surface area contributed by atoms with Crippen LogP contribution in [0.5, 0.6) is 0 Å². The summed E-state index contributed by atoms with van der Waals surface area (Å²) >= 11 is 5.99. The van der Waals surface area contributed by atoms with Crippen LogP contribution in [0.4, 0.5) is 4.39 Å². The normalized spacial score (nSPS) is 12.3. The molecular weight excluding hydrogens is 275 g/mol. The van der Waals surface area contributed by atoms with Crippen LogP contribution in [0.3, 0.4) is 0 Å². The Morgan fingerprint density at radius 2 is 1.85 bits per heavy atom. The van der Waals surface area contributed by atoms with Crippen molar-refractivity contribution in [3.63, 3.8) is 0 Å². The van der Waals surface area contributed by atoms with E-state index < -0.39 is 5.82 Å². The zero-order valence-corrected chi connectivity index (χ0v) is 11.9. The number of benzene rings is 2. The fourth-order valence-corrected chi connectivity index (χ4v) is 2.53. The lowest BCUT2D eigenvalue weighted by Crippen LogP contribution is -2.28. The molecule has 0 saturated heterocycles. The summed E-state index contributed by atoms with van der Waals surface area (Å²) in [6, 6.07) is 14.9. The lowest BCUT2D eigenvalue weighted by atomic mass is 9.99. The van der Waals surface area contributed by atoms with Gasteiger partial charge in [0.05, 0.1) is 5.02 Å². The number of aryl methyl sites for hydroxylation is 1. The van der Waals surface area contributed by atoms with Crippen LogP contribution in [0, 0.1) is 5.82 Å². The molecule has 2 aromatic rings. The molecule has 0 spiro atoms. The molecule has 3 N–H and O–H groups in total. The van der Waals surface area contributed by atoms with Gasteiger partial charge in [-0.05, 0) is 36.5 Å². The maximum atomic E-state index is 13.5. The van der Waals surface area contributed by atoms with Crippen LogP contribution in [0.15, 0.2) is 48.5 Å². The Balaban J connectivity index is 1.97. The summed E-state index contributed by atoms with van der Waals surface area (Å²) in [7, 11) is 0. The zero-order valence-electron chi connectivity index (χ0n) is 11.2. The highest BCUT2D eigenvalue weighted by Gasteiger charge is 2.15. The molecule has 2 rings (SSSR count). The summed E-state index contributed by atoms with van der Waals surface area (Å²) in [4.78, 5) is 0. The maximum absolute atomic E-state index is 13.5. The fraction of sp³-hybridized carbons (Fsp3) is 0.250. The number of hydrazine groups is 1. The summed E-state index contributed by atoms with van der Waals surface area (Å²) in [6.07, 6.45) is 2.71. The Morgan fingerprint density at radius 1 is 1.10 bits per heavy atom. The highest BCUT2D eigenvalue weighted by Crippen LogP contribution is 2.28. The predicted octanol–water partition coefficient (Wildman–Crippen LogP) is 4.01. The van der Waals surface area contributed by atoms with Gasteiger partial charge in [0.25, 0.3) is 0 Å². The molecule has 0 bridgehead atoms. The van der Waals surface area contributed by atoms with E-state index in [0.717, 1.165) is 19.3 Å². The van der Waals surface area contributed by atoms with E-state index in [-0.39, 0.29) is 11.1 Å². The number of nitrogens with one attached hydrogen (secondary N) is 1. The van der Waals surface area contributed by atoms with E-state index in [4.69, 9.17) is 17.4 Å². The van der Waals surface area contributed by atoms with Gasteiger partial charge in [-0.25, -0.2) is 4.39 Å². The molecule has 4 heteroatoms. The molecule has 0 aromatic heterocycles. The van der Waals surface area contributed by atoms with Gasteiger partial charge >= 0.3 is 0 Å². The van der Waals surface area contributed by atoms with Crippen molar-refractivity contribution in [1.82, 2.24) is 5.43 Å². The minimum Gasteiger partial charge on any atom is -0.271 e. The van der Waals surface area contributed by atoms with Crippen molar-refractivity contribution < 1.29 is 4.39 Å². The third kappa shape index (κ3) is 3.79. The molecule has 0 saturated carbocycles. The van der Waals surface area contributed by atoms with Crippen LogP contribution >= 0.6 is 11.6 Å². The number of hydrogen-bond acceptors (Lipinski definition) is 2. The molecule has 1 atom stereocenters. The van der Waals surface area contributed by atoms with Crippen LogP contribution < -0.4 is 11.3 Å². The van der Waals surface area contributed by atoms with Gasteiger partial charge in [0.1, 0.15) is 5.82 Å². The molecule has 0 fully saturated rings. The molecule has 1 unspecified atom stereocenters. The Morgan fingerprint density at radius 3 is 2.55 bits per heavy atom. The van der Waals surface area contributed by atoms with Gasteiger partial charge in [0.2, 0.25) is 0 Å². The molecule has 0 aliphatic rings. The number of nitrogens with two attached hydrogens (primary N) is 1. The molecular formula is C16H18ClFN2. The molecule has 0 aliphatic heterocycles. The Kier molecular flexibility index (Phi) is 5.53. The fourth-order valence-electron chi connectivity index (χ4n) is 2.27. The average Bonchev–Trinajstić information content (AvgIpc) is 2.48. The van der Waals surface area contributed by atoms with Crippen LogP contribution in [-0.2, 0) is 6.42 Å². The highest BCUT2D eigenvalue weighted by atomic mass is 35.5. The lowest BCUT2D eigenvalue weighted by Gasteiger charge is -2.17. The van der Waals surface area contributed by atoms with Gasteiger partial charge in [-0.3, -0.25) is 11.3 Å². The van der Waals surface area contributed by atoms with Gasteiger partial charge in [0, 0.05) is 6.04 Å². The summed E-state index contributed by atoms with van der Waals surface area (Å²) in [6.45, 7) is 0. The first-order valence-corrected chi connectivity index (χ1v) is 7.04. The molecule has 0 amide bonds. The first-order chi connectivity index (χ1) is 9.72. The van der Waals surface area contributed by atoms with Crippen molar-refractivity contribution >= 4 is 11.6 Å². The first kappa shape index (κ1) is 15.0. The zero-order chi connectivity index (χ0) is 14.4. The summed E-state index contributed by atoms with van der Waals surface area (Å²) in [5.74, 6) is 5.16. The molecule has 106 valence electrons. The van der Waals surface area contributed by atoms with Crippen LogP contribution in [0.1, 0.15) is 30.0 Å². The predicted molar refractivity (Wildman–Crippen MR) is 80.9 cm³/mol. The van der Waals surface area contributed by atoms with E-state index >= 15 is 0 Å². The van der Waals surface area contributed by atoms with Crippen molar-refractivity contribution in [2.24, 2.45) is 5.84 Å². The third-order valence-electron chi connectivity index (χ3n) is 3.36. The quantitative estimate of drug-likeness (QED) is 0.624. The summed E-state index contributed by atoms with van der Waals surface area (Å²) in [5.41, 5.74) is 4.72. The van der Waals surface area contributed by atoms with Gasteiger partial charge in [-0.15, -0.1) is 0 Å². The van der Waals surface area contributed by atoms with E-state index in [0.29, 0.717) is 5.56 Å².